The first kappa shape index (κ1) is 15.4. The fourth-order valence-corrected chi connectivity index (χ4v) is 1.29. The number of aliphatic hydroxyl groups excluding tert-OH is 1. The first-order valence-electron chi connectivity index (χ1n) is 5.96. The van der Waals surface area contributed by atoms with Gasteiger partial charge in [0.15, 0.2) is 0 Å². The van der Waals surface area contributed by atoms with Gasteiger partial charge in [0.25, 0.3) is 0 Å². The molecule has 0 aromatic carbocycles. The van der Waals surface area contributed by atoms with Gasteiger partial charge in [-0.15, -0.1) is 0 Å². The second-order valence-electron chi connectivity index (χ2n) is 5.41. The summed E-state index contributed by atoms with van der Waals surface area (Å²) in [5.41, 5.74) is -0.188. The SMILES string of the molecule is CC(O)CCCNC(C)C(=O)NC(C)(C)C. The smallest absolute Gasteiger partial charge is 0.237 e. The van der Waals surface area contributed by atoms with Crippen LogP contribution in [0.3, 0.4) is 0 Å². The lowest BCUT2D eigenvalue weighted by atomic mass is 10.1. The van der Waals surface area contributed by atoms with Crippen molar-refractivity contribution in [1.82, 2.24) is 10.6 Å². The zero-order chi connectivity index (χ0) is 12.8. The van der Waals surface area contributed by atoms with Gasteiger partial charge in [0, 0.05) is 5.54 Å². The number of carbonyl (C=O) groups excluding carboxylic acids is 1. The van der Waals surface area contributed by atoms with Crippen LogP contribution in [0.25, 0.3) is 0 Å². The molecule has 0 saturated carbocycles. The maximum Gasteiger partial charge on any atom is 0.237 e. The van der Waals surface area contributed by atoms with Gasteiger partial charge >= 0.3 is 0 Å². The Balaban J connectivity index is 3.72. The van der Waals surface area contributed by atoms with E-state index in [-0.39, 0.29) is 23.6 Å². The zero-order valence-corrected chi connectivity index (χ0v) is 11.1. The van der Waals surface area contributed by atoms with Gasteiger partial charge in [0.1, 0.15) is 0 Å². The Labute approximate surface area is 98.8 Å². The van der Waals surface area contributed by atoms with Crippen molar-refractivity contribution in [2.24, 2.45) is 0 Å². The van der Waals surface area contributed by atoms with Gasteiger partial charge < -0.3 is 15.7 Å². The number of nitrogens with one attached hydrogen (secondary N) is 2. The summed E-state index contributed by atoms with van der Waals surface area (Å²) >= 11 is 0. The van der Waals surface area contributed by atoms with Crippen molar-refractivity contribution in [3.8, 4) is 0 Å². The summed E-state index contributed by atoms with van der Waals surface area (Å²) in [6, 6.07) is -0.187. The maximum atomic E-state index is 11.7. The van der Waals surface area contributed by atoms with Gasteiger partial charge in [-0.05, 0) is 54.0 Å². The molecule has 0 aliphatic rings. The third-order valence-corrected chi connectivity index (χ3v) is 2.14. The van der Waals surface area contributed by atoms with E-state index in [4.69, 9.17) is 5.11 Å². The van der Waals surface area contributed by atoms with Crippen LogP contribution in [0.4, 0.5) is 0 Å². The molecule has 0 fully saturated rings. The number of rotatable bonds is 6. The van der Waals surface area contributed by atoms with E-state index in [9.17, 15) is 4.79 Å². The average Bonchev–Trinajstić information content (AvgIpc) is 2.08. The summed E-state index contributed by atoms with van der Waals surface area (Å²) in [6.45, 7) is 10.3. The predicted octanol–water partition coefficient (Wildman–Crippen LogP) is 1.04. The van der Waals surface area contributed by atoms with E-state index in [1.807, 2.05) is 27.7 Å². The summed E-state index contributed by atoms with van der Waals surface area (Å²) in [7, 11) is 0. The van der Waals surface area contributed by atoms with Crippen LogP contribution in [-0.2, 0) is 4.79 Å². The molecule has 0 spiro atoms. The lowest BCUT2D eigenvalue weighted by Gasteiger charge is -2.23. The molecule has 16 heavy (non-hydrogen) atoms. The molecule has 96 valence electrons. The van der Waals surface area contributed by atoms with E-state index in [0.717, 1.165) is 19.4 Å². The Morgan fingerprint density at radius 1 is 1.31 bits per heavy atom. The van der Waals surface area contributed by atoms with E-state index < -0.39 is 0 Å². The topological polar surface area (TPSA) is 61.4 Å². The van der Waals surface area contributed by atoms with E-state index >= 15 is 0 Å². The molecule has 0 aliphatic heterocycles. The quantitative estimate of drug-likeness (QED) is 0.598. The normalized spacial score (nSPS) is 15.6. The van der Waals surface area contributed by atoms with E-state index in [1.165, 1.54) is 0 Å². The van der Waals surface area contributed by atoms with Crippen molar-refractivity contribution in [2.75, 3.05) is 6.54 Å². The second-order valence-corrected chi connectivity index (χ2v) is 5.41. The fourth-order valence-electron chi connectivity index (χ4n) is 1.29. The molecule has 2 atom stereocenters. The molecule has 0 aromatic rings. The van der Waals surface area contributed by atoms with Crippen molar-refractivity contribution < 1.29 is 9.90 Å². The summed E-state index contributed by atoms with van der Waals surface area (Å²) in [5.74, 6) is 0.0181. The predicted molar refractivity (Wildman–Crippen MR) is 66.3 cm³/mol. The molecule has 4 nitrogen and oxygen atoms in total. The Hall–Kier alpha value is -0.610. The van der Waals surface area contributed by atoms with Crippen LogP contribution < -0.4 is 10.6 Å². The Kier molecular flexibility index (Phi) is 6.60. The van der Waals surface area contributed by atoms with Crippen molar-refractivity contribution in [2.45, 2.75) is 65.1 Å². The fraction of sp³-hybridized carbons (Fsp3) is 0.917. The first-order chi connectivity index (χ1) is 7.22. The lowest BCUT2D eigenvalue weighted by molar-refractivity contribution is -0.124. The Morgan fingerprint density at radius 2 is 1.88 bits per heavy atom. The van der Waals surface area contributed by atoms with Crippen LogP contribution in [0, 0.1) is 0 Å². The molecule has 0 aliphatic carbocycles. The largest absolute Gasteiger partial charge is 0.393 e. The van der Waals surface area contributed by atoms with Gasteiger partial charge in [-0.1, -0.05) is 0 Å². The summed E-state index contributed by atoms with van der Waals surface area (Å²) < 4.78 is 0. The molecular formula is C12H26N2O2. The summed E-state index contributed by atoms with van der Waals surface area (Å²) in [6.07, 6.45) is 1.38. The van der Waals surface area contributed by atoms with E-state index in [1.54, 1.807) is 6.92 Å². The minimum Gasteiger partial charge on any atom is -0.393 e. The van der Waals surface area contributed by atoms with Crippen molar-refractivity contribution in [1.29, 1.82) is 0 Å². The van der Waals surface area contributed by atoms with Crippen LogP contribution in [0.2, 0.25) is 0 Å². The van der Waals surface area contributed by atoms with Crippen LogP contribution in [0.15, 0.2) is 0 Å². The molecule has 2 unspecified atom stereocenters. The molecule has 0 saturated heterocycles. The highest BCUT2D eigenvalue weighted by Gasteiger charge is 2.18. The minimum absolute atomic E-state index is 0.0181. The number of hydrogen-bond acceptors (Lipinski definition) is 3. The first-order valence-corrected chi connectivity index (χ1v) is 5.96. The number of carbonyl (C=O) groups is 1. The van der Waals surface area contributed by atoms with Gasteiger partial charge in [-0.3, -0.25) is 4.79 Å². The van der Waals surface area contributed by atoms with E-state index in [2.05, 4.69) is 10.6 Å². The molecular weight excluding hydrogens is 204 g/mol. The zero-order valence-electron chi connectivity index (χ0n) is 11.1. The molecule has 0 rings (SSSR count). The van der Waals surface area contributed by atoms with E-state index in [0.29, 0.717) is 0 Å². The number of aliphatic hydroxyl groups is 1. The van der Waals surface area contributed by atoms with Crippen LogP contribution in [-0.4, -0.2) is 35.2 Å². The summed E-state index contributed by atoms with van der Waals surface area (Å²) in [5, 5.41) is 15.1. The Bertz CT molecular complexity index is 210. The van der Waals surface area contributed by atoms with Crippen LogP contribution in [0.1, 0.15) is 47.5 Å². The van der Waals surface area contributed by atoms with Crippen molar-refractivity contribution in [3.63, 3.8) is 0 Å². The van der Waals surface area contributed by atoms with Gasteiger partial charge in [0.2, 0.25) is 5.91 Å². The second kappa shape index (κ2) is 6.86. The standard InChI is InChI=1S/C12H26N2O2/c1-9(15)7-6-8-13-10(2)11(16)14-12(3,4)5/h9-10,13,15H,6-8H2,1-5H3,(H,14,16). The monoisotopic (exact) mass is 230 g/mol. The minimum atomic E-state index is -0.263. The molecule has 0 radical (unpaired) electrons. The number of hydrogen-bond donors (Lipinski definition) is 3. The van der Waals surface area contributed by atoms with Crippen molar-refractivity contribution >= 4 is 5.91 Å². The van der Waals surface area contributed by atoms with Gasteiger partial charge in [0.05, 0.1) is 12.1 Å². The molecule has 3 N–H and O–H groups in total. The average molecular weight is 230 g/mol. The van der Waals surface area contributed by atoms with Crippen LogP contribution in [0.5, 0.6) is 0 Å². The maximum absolute atomic E-state index is 11.7. The van der Waals surface area contributed by atoms with Gasteiger partial charge in [-0.2, -0.15) is 0 Å². The van der Waals surface area contributed by atoms with Crippen molar-refractivity contribution in [3.05, 3.63) is 0 Å². The molecule has 4 heteroatoms. The molecule has 0 aromatic heterocycles. The highest BCUT2D eigenvalue weighted by Crippen LogP contribution is 2.00. The summed E-state index contributed by atoms with van der Waals surface area (Å²) in [4.78, 5) is 11.7. The highest BCUT2D eigenvalue weighted by atomic mass is 16.3. The number of amides is 1. The lowest BCUT2D eigenvalue weighted by Crippen LogP contribution is -2.49. The molecule has 0 bridgehead atoms. The molecule has 0 heterocycles. The third-order valence-electron chi connectivity index (χ3n) is 2.14. The van der Waals surface area contributed by atoms with Crippen LogP contribution >= 0.6 is 0 Å². The Morgan fingerprint density at radius 3 is 2.31 bits per heavy atom. The molecule has 1 amide bonds. The van der Waals surface area contributed by atoms with Gasteiger partial charge in [-0.25, -0.2) is 0 Å². The third kappa shape index (κ3) is 8.68. The highest BCUT2D eigenvalue weighted by molar-refractivity contribution is 5.81.